The first-order valence-electron chi connectivity index (χ1n) is 4.97. The predicted octanol–water partition coefficient (Wildman–Crippen LogP) is 2.03. The lowest BCUT2D eigenvalue weighted by atomic mass is 10.2. The van der Waals surface area contributed by atoms with Gasteiger partial charge >= 0.3 is 0 Å². The van der Waals surface area contributed by atoms with E-state index in [0.29, 0.717) is 28.2 Å². The molecule has 0 bridgehead atoms. The number of fused-ring (bicyclic) bond motifs is 1. The molecule has 5 nitrogen and oxygen atoms in total. The third-order valence-electron chi connectivity index (χ3n) is 2.46. The molecule has 5 heteroatoms. The summed E-state index contributed by atoms with van der Waals surface area (Å²) in [7, 11) is 0. The van der Waals surface area contributed by atoms with Gasteiger partial charge in [0.15, 0.2) is 28.9 Å². The van der Waals surface area contributed by atoms with Crippen LogP contribution in [0.25, 0.3) is 22.5 Å². The molecule has 2 heterocycles. The largest absolute Gasteiger partial charge is 0.450 e. The Morgan fingerprint density at radius 2 is 2.12 bits per heavy atom. The quantitative estimate of drug-likeness (QED) is 0.644. The molecule has 2 aromatic heterocycles. The summed E-state index contributed by atoms with van der Waals surface area (Å²) >= 11 is 0. The van der Waals surface area contributed by atoms with Gasteiger partial charge in [0.05, 0.1) is 17.3 Å². The maximum absolute atomic E-state index is 11.9. The van der Waals surface area contributed by atoms with Gasteiger partial charge in [-0.15, -0.1) is 0 Å². The highest BCUT2D eigenvalue weighted by molar-refractivity contribution is 5.88. The zero-order valence-corrected chi connectivity index (χ0v) is 8.71. The Labute approximate surface area is 95.5 Å². The molecule has 0 aliphatic heterocycles. The summed E-state index contributed by atoms with van der Waals surface area (Å²) in [5, 5.41) is 0.452. The van der Waals surface area contributed by atoms with Crippen LogP contribution in [0.1, 0.15) is 0 Å². The van der Waals surface area contributed by atoms with Crippen molar-refractivity contribution in [3.8, 4) is 11.5 Å². The van der Waals surface area contributed by atoms with E-state index < -0.39 is 0 Å². The van der Waals surface area contributed by atoms with E-state index >= 15 is 0 Å². The minimum absolute atomic E-state index is 0.162. The zero-order valence-electron chi connectivity index (χ0n) is 8.71. The van der Waals surface area contributed by atoms with Crippen molar-refractivity contribution in [2.24, 2.45) is 0 Å². The summed E-state index contributed by atoms with van der Waals surface area (Å²) in [4.78, 5) is 15.6. The van der Waals surface area contributed by atoms with Crippen LogP contribution in [0.15, 0.2) is 50.5 Å². The van der Waals surface area contributed by atoms with Crippen molar-refractivity contribution < 1.29 is 8.83 Å². The van der Waals surface area contributed by atoms with E-state index in [2.05, 4.69) is 4.98 Å². The van der Waals surface area contributed by atoms with Crippen LogP contribution >= 0.6 is 0 Å². The lowest BCUT2D eigenvalue weighted by Gasteiger charge is -2.02. The standard InChI is InChI=1S/C12H8N2O3/c13-8-3-1-2-7-9(15)4-10(17-12(7)8)11-5-14-6-16-11/h1-6H,13H2. The minimum atomic E-state index is -0.162. The number of benzene rings is 1. The van der Waals surface area contributed by atoms with Gasteiger partial charge in [-0.25, -0.2) is 4.98 Å². The molecule has 0 fully saturated rings. The van der Waals surface area contributed by atoms with Crippen molar-refractivity contribution in [3.63, 3.8) is 0 Å². The molecular weight excluding hydrogens is 220 g/mol. The van der Waals surface area contributed by atoms with Gasteiger partial charge in [0.2, 0.25) is 0 Å². The van der Waals surface area contributed by atoms with Gasteiger partial charge in [-0.05, 0) is 12.1 Å². The highest BCUT2D eigenvalue weighted by Gasteiger charge is 2.10. The lowest BCUT2D eigenvalue weighted by molar-refractivity contribution is 0.532. The maximum Gasteiger partial charge on any atom is 0.193 e. The topological polar surface area (TPSA) is 82.3 Å². The average Bonchev–Trinajstić information content (AvgIpc) is 2.84. The molecule has 1 aromatic carbocycles. The summed E-state index contributed by atoms with van der Waals surface area (Å²) in [6.45, 7) is 0. The van der Waals surface area contributed by atoms with Crippen molar-refractivity contribution in [3.05, 3.63) is 47.1 Å². The van der Waals surface area contributed by atoms with E-state index in [1.54, 1.807) is 18.2 Å². The fraction of sp³-hybridized carbons (Fsp3) is 0. The third-order valence-corrected chi connectivity index (χ3v) is 2.46. The van der Waals surface area contributed by atoms with Crippen LogP contribution < -0.4 is 11.2 Å². The minimum Gasteiger partial charge on any atom is -0.450 e. The number of aromatic nitrogens is 1. The Morgan fingerprint density at radius 1 is 1.24 bits per heavy atom. The monoisotopic (exact) mass is 228 g/mol. The Hall–Kier alpha value is -2.56. The molecule has 0 aliphatic carbocycles. The molecule has 0 aliphatic rings. The van der Waals surface area contributed by atoms with Gasteiger partial charge in [-0.1, -0.05) is 6.07 Å². The number of nitrogen functional groups attached to an aromatic ring is 1. The number of hydrogen-bond acceptors (Lipinski definition) is 5. The predicted molar refractivity (Wildman–Crippen MR) is 62.4 cm³/mol. The summed E-state index contributed by atoms with van der Waals surface area (Å²) in [6, 6.07) is 6.42. The van der Waals surface area contributed by atoms with Crippen LogP contribution in [0.4, 0.5) is 5.69 Å². The first-order valence-corrected chi connectivity index (χ1v) is 4.97. The molecule has 0 spiro atoms. The smallest absolute Gasteiger partial charge is 0.193 e. The second-order valence-corrected chi connectivity index (χ2v) is 3.56. The Morgan fingerprint density at radius 3 is 2.88 bits per heavy atom. The van der Waals surface area contributed by atoms with Gasteiger partial charge in [-0.3, -0.25) is 4.79 Å². The summed E-state index contributed by atoms with van der Waals surface area (Å²) < 4.78 is 10.6. The fourth-order valence-corrected chi connectivity index (χ4v) is 1.66. The Balaban J connectivity index is 2.38. The summed E-state index contributed by atoms with van der Waals surface area (Å²) in [6.07, 6.45) is 2.75. The molecular formula is C12H8N2O3. The van der Waals surface area contributed by atoms with E-state index in [0.717, 1.165) is 0 Å². The molecule has 0 radical (unpaired) electrons. The van der Waals surface area contributed by atoms with Crippen LogP contribution in [0.5, 0.6) is 0 Å². The molecule has 2 N–H and O–H groups in total. The second-order valence-electron chi connectivity index (χ2n) is 3.56. The molecule has 0 atom stereocenters. The van der Waals surface area contributed by atoms with E-state index in [4.69, 9.17) is 14.6 Å². The first kappa shape index (κ1) is 9.65. The number of rotatable bonds is 1. The van der Waals surface area contributed by atoms with E-state index in [1.807, 2.05) is 0 Å². The van der Waals surface area contributed by atoms with Gasteiger partial charge < -0.3 is 14.6 Å². The first-order chi connectivity index (χ1) is 8.25. The molecule has 0 saturated heterocycles. The van der Waals surface area contributed by atoms with E-state index in [9.17, 15) is 4.79 Å². The fourth-order valence-electron chi connectivity index (χ4n) is 1.66. The van der Waals surface area contributed by atoms with E-state index in [1.165, 1.54) is 18.7 Å². The second kappa shape index (κ2) is 3.48. The zero-order chi connectivity index (χ0) is 11.8. The molecule has 3 rings (SSSR count). The number of nitrogens with zero attached hydrogens (tertiary/aromatic N) is 1. The molecule has 17 heavy (non-hydrogen) atoms. The normalized spacial score (nSPS) is 10.8. The third kappa shape index (κ3) is 1.48. The van der Waals surface area contributed by atoms with Crippen molar-refractivity contribution in [1.82, 2.24) is 4.98 Å². The number of anilines is 1. The molecule has 0 saturated carbocycles. The van der Waals surface area contributed by atoms with Crippen LogP contribution in [-0.2, 0) is 0 Å². The SMILES string of the molecule is Nc1cccc2c(=O)cc(-c3cnco3)oc12. The van der Waals surface area contributed by atoms with Crippen LogP contribution in [-0.4, -0.2) is 4.98 Å². The Bertz CT molecular complexity index is 729. The number of hydrogen-bond donors (Lipinski definition) is 1. The number of oxazole rings is 1. The summed E-state index contributed by atoms with van der Waals surface area (Å²) in [5.41, 5.74) is 6.39. The highest BCUT2D eigenvalue weighted by Crippen LogP contribution is 2.24. The molecule has 0 unspecified atom stereocenters. The van der Waals surface area contributed by atoms with Crippen molar-refractivity contribution >= 4 is 16.7 Å². The van der Waals surface area contributed by atoms with Crippen molar-refractivity contribution in [2.45, 2.75) is 0 Å². The van der Waals surface area contributed by atoms with Gasteiger partial charge in [0.1, 0.15) is 0 Å². The average molecular weight is 228 g/mol. The molecule has 84 valence electrons. The maximum atomic E-state index is 11.9. The molecule has 3 aromatic rings. The lowest BCUT2D eigenvalue weighted by Crippen LogP contribution is -2.01. The number of para-hydroxylation sites is 1. The van der Waals surface area contributed by atoms with Crippen molar-refractivity contribution in [2.75, 3.05) is 5.73 Å². The number of nitrogens with two attached hydrogens (primary N) is 1. The van der Waals surface area contributed by atoms with Gasteiger partial charge in [0.25, 0.3) is 0 Å². The summed E-state index contributed by atoms with van der Waals surface area (Å²) in [5.74, 6) is 0.713. The van der Waals surface area contributed by atoms with Crippen LogP contribution in [0.3, 0.4) is 0 Å². The van der Waals surface area contributed by atoms with Crippen LogP contribution in [0.2, 0.25) is 0 Å². The van der Waals surface area contributed by atoms with Gasteiger partial charge in [-0.2, -0.15) is 0 Å². The van der Waals surface area contributed by atoms with E-state index in [-0.39, 0.29) is 5.43 Å². The van der Waals surface area contributed by atoms with Crippen LogP contribution in [0, 0.1) is 0 Å². The van der Waals surface area contributed by atoms with Gasteiger partial charge in [0, 0.05) is 6.07 Å². The molecule has 0 amide bonds. The van der Waals surface area contributed by atoms with Crippen molar-refractivity contribution in [1.29, 1.82) is 0 Å². The Kier molecular flexibility index (Phi) is 1.98. The highest BCUT2D eigenvalue weighted by atomic mass is 16.4.